The summed E-state index contributed by atoms with van der Waals surface area (Å²) in [6, 6.07) is 16.4. The Morgan fingerprint density at radius 3 is 2.13 bits per heavy atom. The molecule has 5 heteroatoms. The molecule has 0 unspecified atom stereocenters. The molecule has 31 heavy (non-hydrogen) atoms. The summed E-state index contributed by atoms with van der Waals surface area (Å²) in [5, 5.41) is -0.222. The first-order valence-electron chi connectivity index (χ1n) is 10.3. The molecule has 0 spiro atoms. The van der Waals surface area contributed by atoms with Gasteiger partial charge in [0.2, 0.25) is 0 Å². The van der Waals surface area contributed by atoms with Crippen molar-refractivity contribution >= 4 is 29.0 Å². The third-order valence-electron chi connectivity index (χ3n) is 5.56. The second-order valence-corrected chi connectivity index (χ2v) is 9.25. The van der Waals surface area contributed by atoms with Gasteiger partial charge >= 0.3 is 0 Å². The van der Waals surface area contributed by atoms with E-state index in [0.717, 1.165) is 45.5 Å². The van der Waals surface area contributed by atoms with Gasteiger partial charge in [0, 0.05) is 17.1 Å². The van der Waals surface area contributed by atoms with Crippen molar-refractivity contribution in [2.45, 2.75) is 41.2 Å². The summed E-state index contributed by atoms with van der Waals surface area (Å²) in [5.74, 6) is -0.230. The van der Waals surface area contributed by atoms with Gasteiger partial charge in [0.15, 0.2) is 0 Å². The summed E-state index contributed by atoms with van der Waals surface area (Å²) in [4.78, 5) is 27.3. The van der Waals surface area contributed by atoms with Crippen LogP contribution in [0.4, 0.5) is 4.79 Å². The summed E-state index contributed by atoms with van der Waals surface area (Å²) >= 11 is 1.01. The summed E-state index contributed by atoms with van der Waals surface area (Å²) < 4.78 is 2.20. The molecule has 0 saturated carbocycles. The van der Waals surface area contributed by atoms with E-state index >= 15 is 0 Å². The molecule has 0 radical (unpaired) electrons. The van der Waals surface area contributed by atoms with E-state index in [1.165, 1.54) is 16.0 Å². The minimum absolute atomic E-state index is 0.222. The average molecular weight is 431 g/mol. The highest BCUT2D eigenvalue weighted by Gasteiger charge is 2.35. The third kappa shape index (κ3) is 4.23. The van der Waals surface area contributed by atoms with Crippen LogP contribution in [0.5, 0.6) is 0 Å². The molecule has 3 aromatic rings. The van der Waals surface area contributed by atoms with Crippen LogP contribution in [0.2, 0.25) is 0 Å². The number of rotatable bonds is 4. The predicted molar refractivity (Wildman–Crippen MR) is 127 cm³/mol. The summed E-state index contributed by atoms with van der Waals surface area (Å²) in [6.07, 6.45) is 1.85. The van der Waals surface area contributed by atoms with Gasteiger partial charge in [0.05, 0.1) is 11.4 Å². The number of nitrogens with zero attached hydrogens (tertiary/aromatic N) is 2. The van der Waals surface area contributed by atoms with Gasteiger partial charge in [0.1, 0.15) is 0 Å². The van der Waals surface area contributed by atoms with Gasteiger partial charge in [-0.2, -0.15) is 0 Å². The minimum atomic E-state index is -0.230. The molecule has 0 bridgehead atoms. The van der Waals surface area contributed by atoms with Crippen LogP contribution < -0.4 is 0 Å². The standard InChI is InChI=1S/C26H26N2O2S/c1-16-6-8-21(9-7-16)15-27-25(29)24(31-26(27)30)14-22-13-19(4)28(20(22)5)23-11-17(2)10-18(3)12-23/h6-14H,15H2,1-5H3/b24-14-. The first-order valence-corrected chi connectivity index (χ1v) is 11.1. The molecular weight excluding hydrogens is 404 g/mol. The fraction of sp³-hybridized carbons (Fsp3) is 0.231. The minimum Gasteiger partial charge on any atom is -0.318 e. The van der Waals surface area contributed by atoms with E-state index in [1.54, 1.807) is 0 Å². The highest BCUT2D eigenvalue weighted by Crippen LogP contribution is 2.34. The molecule has 158 valence electrons. The van der Waals surface area contributed by atoms with Crippen LogP contribution in [-0.2, 0) is 11.3 Å². The molecule has 1 aromatic heterocycles. The second kappa shape index (κ2) is 8.23. The van der Waals surface area contributed by atoms with E-state index < -0.39 is 0 Å². The summed E-state index contributed by atoms with van der Waals surface area (Å²) in [6.45, 7) is 10.6. The zero-order valence-electron chi connectivity index (χ0n) is 18.5. The number of hydrogen-bond donors (Lipinski definition) is 0. The van der Waals surface area contributed by atoms with Crippen molar-refractivity contribution in [1.82, 2.24) is 9.47 Å². The van der Waals surface area contributed by atoms with E-state index in [-0.39, 0.29) is 11.1 Å². The monoisotopic (exact) mass is 430 g/mol. The fourth-order valence-electron chi connectivity index (χ4n) is 4.06. The predicted octanol–water partition coefficient (Wildman–Crippen LogP) is 6.26. The van der Waals surface area contributed by atoms with E-state index in [4.69, 9.17) is 0 Å². The molecule has 1 aliphatic rings. The SMILES string of the molecule is Cc1ccc(CN2C(=O)S/C(=C\c3cc(C)n(-c4cc(C)cc(C)c4)c3C)C2=O)cc1. The zero-order valence-corrected chi connectivity index (χ0v) is 19.3. The Kier molecular flexibility index (Phi) is 5.63. The van der Waals surface area contributed by atoms with Gasteiger partial charge in [0.25, 0.3) is 11.1 Å². The Hall–Kier alpha value is -3.05. The molecule has 1 fully saturated rings. The fourth-order valence-corrected chi connectivity index (χ4v) is 4.89. The molecule has 4 rings (SSSR count). The number of amides is 2. The Balaban J connectivity index is 1.64. The van der Waals surface area contributed by atoms with Crippen molar-refractivity contribution in [2.75, 3.05) is 0 Å². The maximum atomic E-state index is 13.0. The van der Waals surface area contributed by atoms with Crippen molar-refractivity contribution in [2.24, 2.45) is 0 Å². The second-order valence-electron chi connectivity index (χ2n) is 8.26. The van der Waals surface area contributed by atoms with Gasteiger partial charge in [-0.1, -0.05) is 35.9 Å². The largest absolute Gasteiger partial charge is 0.318 e. The number of benzene rings is 2. The van der Waals surface area contributed by atoms with E-state index in [1.807, 2.05) is 44.2 Å². The number of aromatic nitrogens is 1. The lowest BCUT2D eigenvalue weighted by atomic mass is 10.1. The Labute approximate surface area is 187 Å². The van der Waals surface area contributed by atoms with Gasteiger partial charge in [-0.15, -0.1) is 0 Å². The van der Waals surface area contributed by atoms with Crippen LogP contribution in [0, 0.1) is 34.6 Å². The Morgan fingerprint density at radius 1 is 0.839 bits per heavy atom. The number of carbonyl (C=O) groups excluding carboxylic acids is 2. The van der Waals surface area contributed by atoms with E-state index in [9.17, 15) is 9.59 Å². The number of aryl methyl sites for hydroxylation is 4. The molecular formula is C26H26N2O2S. The van der Waals surface area contributed by atoms with Gasteiger partial charge in [-0.05, 0) is 92.9 Å². The van der Waals surface area contributed by atoms with E-state index in [0.29, 0.717) is 11.4 Å². The van der Waals surface area contributed by atoms with Crippen LogP contribution in [0.1, 0.15) is 39.2 Å². The van der Waals surface area contributed by atoms with Crippen molar-refractivity contribution in [3.63, 3.8) is 0 Å². The van der Waals surface area contributed by atoms with Crippen molar-refractivity contribution < 1.29 is 9.59 Å². The van der Waals surface area contributed by atoms with Crippen molar-refractivity contribution in [3.8, 4) is 5.69 Å². The summed E-state index contributed by atoms with van der Waals surface area (Å²) in [7, 11) is 0. The number of imide groups is 1. The van der Waals surface area contributed by atoms with Crippen molar-refractivity contribution in [3.05, 3.63) is 92.6 Å². The van der Waals surface area contributed by atoms with Crippen LogP contribution in [-0.4, -0.2) is 20.6 Å². The maximum absolute atomic E-state index is 13.0. The van der Waals surface area contributed by atoms with Crippen molar-refractivity contribution in [1.29, 1.82) is 0 Å². The number of carbonyl (C=O) groups is 2. The van der Waals surface area contributed by atoms with E-state index in [2.05, 4.69) is 49.6 Å². The summed E-state index contributed by atoms with van der Waals surface area (Å²) in [5.41, 5.74) is 8.72. The molecule has 2 aromatic carbocycles. The molecule has 2 heterocycles. The number of thioether (sulfide) groups is 1. The number of hydrogen-bond acceptors (Lipinski definition) is 3. The molecule has 2 amide bonds. The van der Waals surface area contributed by atoms with Crippen LogP contribution in [0.25, 0.3) is 11.8 Å². The third-order valence-corrected chi connectivity index (χ3v) is 6.46. The molecule has 1 aliphatic heterocycles. The molecule has 4 nitrogen and oxygen atoms in total. The average Bonchev–Trinajstić information content (AvgIpc) is 3.12. The molecule has 0 N–H and O–H groups in total. The molecule has 1 saturated heterocycles. The highest BCUT2D eigenvalue weighted by atomic mass is 32.2. The lowest BCUT2D eigenvalue weighted by Crippen LogP contribution is -2.27. The maximum Gasteiger partial charge on any atom is 0.293 e. The molecule has 0 aliphatic carbocycles. The Morgan fingerprint density at radius 2 is 1.48 bits per heavy atom. The highest BCUT2D eigenvalue weighted by molar-refractivity contribution is 8.18. The molecule has 0 atom stereocenters. The van der Waals surface area contributed by atoms with Gasteiger partial charge in [-0.25, -0.2) is 0 Å². The van der Waals surface area contributed by atoms with Gasteiger partial charge in [-0.3, -0.25) is 14.5 Å². The van der Waals surface area contributed by atoms with Crippen LogP contribution >= 0.6 is 11.8 Å². The first-order chi connectivity index (χ1) is 14.7. The normalized spacial score (nSPS) is 15.4. The lowest BCUT2D eigenvalue weighted by molar-refractivity contribution is -0.123. The van der Waals surface area contributed by atoms with Crippen LogP contribution in [0.3, 0.4) is 0 Å². The lowest BCUT2D eigenvalue weighted by Gasteiger charge is -2.12. The smallest absolute Gasteiger partial charge is 0.293 e. The first kappa shape index (κ1) is 21.2. The quantitative estimate of drug-likeness (QED) is 0.459. The van der Waals surface area contributed by atoms with Crippen LogP contribution in [0.15, 0.2) is 53.4 Å². The Bertz CT molecular complexity index is 1200. The topological polar surface area (TPSA) is 42.3 Å². The zero-order chi connectivity index (χ0) is 22.3. The van der Waals surface area contributed by atoms with Gasteiger partial charge < -0.3 is 4.57 Å².